The molecule has 5 heteroatoms. The number of hydrogen-bond acceptors (Lipinski definition) is 2. The van der Waals surface area contributed by atoms with E-state index in [0.29, 0.717) is 13.0 Å². The maximum atomic E-state index is 12.4. The molecule has 18 heavy (non-hydrogen) atoms. The molecule has 1 saturated heterocycles. The molecular formula is C13H24N2O3. The molecular weight excluding hydrogens is 232 g/mol. The zero-order chi connectivity index (χ0) is 13.5. The Labute approximate surface area is 109 Å². The van der Waals surface area contributed by atoms with Gasteiger partial charge in [0, 0.05) is 19.6 Å². The fraction of sp³-hybridized carbons (Fsp3) is 0.846. The Kier molecular flexibility index (Phi) is 5.95. The van der Waals surface area contributed by atoms with Crippen LogP contribution in [-0.2, 0) is 4.79 Å². The van der Waals surface area contributed by atoms with Crippen LogP contribution in [0.1, 0.15) is 46.0 Å². The largest absolute Gasteiger partial charge is 0.465 e. The molecule has 5 nitrogen and oxygen atoms in total. The molecule has 0 radical (unpaired) electrons. The third-order valence-corrected chi connectivity index (χ3v) is 3.33. The topological polar surface area (TPSA) is 60.9 Å². The number of carboxylic acid groups (broad SMARTS) is 1. The van der Waals surface area contributed by atoms with Crippen LogP contribution in [0, 0.1) is 0 Å². The number of nitrogens with zero attached hydrogens (tertiary/aromatic N) is 2. The maximum absolute atomic E-state index is 12.4. The summed E-state index contributed by atoms with van der Waals surface area (Å²) in [5.41, 5.74) is 0. The van der Waals surface area contributed by atoms with E-state index in [9.17, 15) is 9.59 Å². The fourth-order valence-electron chi connectivity index (χ4n) is 2.50. The Bertz CT molecular complexity index is 288. The first-order chi connectivity index (χ1) is 8.61. The van der Waals surface area contributed by atoms with Gasteiger partial charge in [0.25, 0.3) is 0 Å². The molecule has 2 amide bonds. The van der Waals surface area contributed by atoms with Gasteiger partial charge < -0.3 is 10.0 Å². The molecule has 1 aliphatic rings. The van der Waals surface area contributed by atoms with Crippen molar-refractivity contribution in [2.24, 2.45) is 0 Å². The summed E-state index contributed by atoms with van der Waals surface area (Å²) in [5, 5.41) is 9.15. The van der Waals surface area contributed by atoms with Crippen LogP contribution in [0.5, 0.6) is 0 Å². The maximum Gasteiger partial charge on any atom is 0.407 e. The molecule has 1 fully saturated rings. The summed E-state index contributed by atoms with van der Waals surface area (Å²) >= 11 is 0. The number of amides is 2. The van der Waals surface area contributed by atoms with Gasteiger partial charge in [0.05, 0.1) is 0 Å². The van der Waals surface area contributed by atoms with Gasteiger partial charge in [0.1, 0.15) is 6.04 Å². The van der Waals surface area contributed by atoms with Crippen molar-refractivity contribution in [2.45, 2.75) is 52.0 Å². The second-order valence-corrected chi connectivity index (χ2v) is 4.81. The molecule has 0 aliphatic carbocycles. The van der Waals surface area contributed by atoms with E-state index >= 15 is 0 Å². The first-order valence-electron chi connectivity index (χ1n) is 6.90. The minimum Gasteiger partial charge on any atom is -0.465 e. The number of hydrogen-bond donors (Lipinski definition) is 1. The molecule has 0 aromatic carbocycles. The molecule has 104 valence electrons. The van der Waals surface area contributed by atoms with Crippen molar-refractivity contribution < 1.29 is 14.7 Å². The first-order valence-corrected chi connectivity index (χ1v) is 6.90. The van der Waals surface area contributed by atoms with Crippen LogP contribution in [0.4, 0.5) is 4.79 Å². The molecule has 1 N–H and O–H groups in total. The molecule has 1 aliphatic heterocycles. The van der Waals surface area contributed by atoms with E-state index in [4.69, 9.17) is 5.11 Å². The monoisotopic (exact) mass is 256 g/mol. The molecule has 1 heterocycles. The van der Waals surface area contributed by atoms with E-state index in [1.807, 2.05) is 18.7 Å². The lowest BCUT2D eigenvalue weighted by Crippen LogP contribution is -2.53. The van der Waals surface area contributed by atoms with Crippen molar-refractivity contribution in [3.8, 4) is 0 Å². The van der Waals surface area contributed by atoms with Crippen molar-refractivity contribution in [3.05, 3.63) is 0 Å². The van der Waals surface area contributed by atoms with Crippen LogP contribution >= 0.6 is 0 Å². The standard InChI is InChI=1S/C13H24N2O3/c1-3-8-14(9-4-2)12(16)11-7-5-6-10-15(11)13(17)18/h11H,3-10H2,1-2H3,(H,17,18). The van der Waals surface area contributed by atoms with Crippen molar-refractivity contribution in [1.82, 2.24) is 9.80 Å². The van der Waals surface area contributed by atoms with Gasteiger partial charge in [0.15, 0.2) is 0 Å². The SMILES string of the molecule is CCCN(CCC)C(=O)C1CCCCN1C(=O)O. The predicted octanol–water partition coefficient (Wildman–Crippen LogP) is 2.17. The van der Waals surface area contributed by atoms with Crippen LogP contribution in [0.2, 0.25) is 0 Å². The van der Waals surface area contributed by atoms with Crippen molar-refractivity contribution in [3.63, 3.8) is 0 Å². The minimum absolute atomic E-state index is 0.0131. The Morgan fingerprint density at radius 2 is 1.83 bits per heavy atom. The number of carbonyl (C=O) groups excluding carboxylic acids is 1. The Morgan fingerprint density at radius 3 is 2.33 bits per heavy atom. The van der Waals surface area contributed by atoms with E-state index in [0.717, 1.165) is 38.8 Å². The van der Waals surface area contributed by atoms with Gasteiger partial charge in [-0.3, -0.25) is 9.69 Å². The van der Waals surface area contributed by atoms with E-state index in [1.165, 1.54) is 4.90 Å². The first kappa shape index (κ1) is 14.8. The van der Waals surface area contributed by atoms with Gasteiger partial charge in [-0.15, -0.1) is 0 Å². The van der Waals surface area contributed by atoms with E-state index in [1.54, 1.807) is 0 Å². The normalized spacial score (nSPS) is 19.7. The number of carbonyl (C=O) groups is 2. The van der Waals surface area contributed by atoms with E-state index in [2.05, 4.69) is 0 Å². The summed E-state index contributed by atoms with van der Waals surface area (Å²) in [6.07, 6.45) is 3.30. The van der Waals surface area contributed by atoms with Crippen LogP contribution in [0.3, 0.4) is 0 Å². The van der Waals surface area contributed by atoms with Crippen LogP contribution in [-0.4, -0.2) is 52.6 Å². The molecule has 1 atom stereocenters. The van der Waals surface area contributed by atoms with Gasteiger partial charge in [0.2, 0.25) is 5.91 Å². The quantitative estimate of drug-likeness (QED) is 0.820. The summed E-state index contributed by atoms with van der Waals surface area (Å²) in [6.45, 7) is 5.99. The Balaban J connectivity index is 2.73. The molecule has 1 rings (SSSR count). The second-order valence-electron chi connectivity index (χ2n) is 4.81. The van der Waals surface area contributed by atoms with Crippen molar-refractivity contribution in [1.29, 1.82) is 0 Å². The third-order valence-electron chi connectivity index (χ3n) is 3.33. The minimum atomic E-state index is -0.971. The summed E-state index contributed by atoms with van der Waals surface area (Å²) < 4.78 is 0. The number of piperidine rings is 1. The Morgan fingerprint density at radius 1 is 1.22 bits per heavy atom. The highest BCUT2D eigenvalue weighted by atomic mass is 16.4. The van der Waals surface area contributed by atoms with Gasteiger partial charge in [-0.25, -0.2) is 4.79 Å². The fourth-order valence-corrected chi connectivity index (χ4v) is 2.50. The zero-order valence-electron chi connectivity index (χ0n) is 11.4. The van der Waals surface area contributed by atoms with Gasteiger partial charge in [-0.2, -0.15) is 0 Å². The summed E-state index contributed by atoms with van der Waals surface area (Å²) in [6, 6.07) is -0.464. The van der Waals surface area contributed by atoms with E-state index < -0.39 is 12.1 Å². The van der Waals surface area contributed by atoms with Gasteiger partial charge >= 0.3 is 6.09 Å². The zero-order valence-corrected chi connectivity index (χ0v) is 11.4. The molecule has 0 saturated carbocycles. The summed E-state index contributed by atoms with van der Waals surface area (Å²) in [7, 11) is 0. The lowest BCUT2D eigenvalue weighted by Gasteiger charge is -2.36. The van der Waals surface area contributed by atoms with Crippen molar-refractivity contribution >= 4 is 12.0 Å². The Hall–Kier alpha value is -1.26. The summed E-state index contributed by atoms with van der Waals surface area (Å²) in [5.74, 6) is -0.0131. The molecule has 0 aromatic heterocycles. The van der Waals surface area contributed by atoms with Gasteiger partial charge in [-0.1, -0.05) is 13.8 Å². The number of likely N-dealkylation sites (tertiary alicyclic amines) is 1. The molecule has 0 spiro atoms. The third kappa shape index (κ3) is 3.62. The molecule has 1 unspecified atom stereocenters. The van der Waals surface area contributed by atoms with Crippen LogP contribution in [0.15, 0.2) is 0 Å². The second kappa shape index (κ2) is 7.24. The average Bonchev–Trinajstić information content (AvgIpc) is 2.37. The van der Waals surface area contributed by atoms with Crippen LogP contribution < -0.4 is 0 Å². The molecule has 0 aromatic rings. The number of rotatable bonds is 5. The predicted molar refractivity (Wildman–Crippen MR) is 69.5 cm³/mol. The highest BCUT2D eigenvalue weighted by Crippen LogP contribution is 2.19. The molecule has 0 bridgehead atoms. The summed E-state index contributed by atoms with van der Waals surface area (Å²) in [4.78, 5) is 26.7. The smallest absolute Gasteiger partial charge is 0.407 e. The lowest BCUT2D eigenvalue weighted by molar-refractivity contribution is -0.137. The van der Waals surface area contributed by atoms with Crippen LogP contribution in [0.25, 0.3) is 0 Å². The van der Waals surface area contributed by atoms with Gasteiger partial charge in [-0.05, 0) is 32.1 Å². The van der Waals surface area contributed by atoms with Crippen molar-refractivity contribution in [2.75, 3.05) is 19.6 Å². The average molecular weight is 256 g/mol. The van der Waals surface area contributed by atoms with E-state index in [-0.39, 0.29) is 5.91 Å². The highest BCUT2D eigenvalue weighted by Gasteiger charge is 2.34. The lowest BCUT2D eigenvalue weighted by atomic mass is 10.0. The highest BCUT2D eigenvalue weighted by molar-refractivity contribution is 5.85.